The molecular formula is C25H26FN5O. The Morgan fingerprint density at radius 2 is 1.59 bits per heavy atom. The normalized spacial score (nSPS) is 15.3. The van der Waals surface area contributed by atoms with Crippen molar-refractivity contribution in [1.82, 2.24) is 24.4 Å². The fraction of sp³-hybridized carbons (Fsp3) is 0.280. The van der Waals surface area contributed by atoms with E-state index in [0.29, 0.717) is 6.61 Å². The standard InChI is InChI=1S/C25H26FN5O/c1-29-10-12-30(13-11-29)14-15-32-23-8-4-19(5-9-23)21-16-27-25-24(17-28-31(25)18-21)20-2-6-22(26)7-3-20/h2-9,16-18H,10-15H2,1H3. The number of likely N-dealkylation sites (N-methyl/N-ethyl adjacent to an activating group) is 1. The van der Waals surface area contributed by atoms with Gasteiger partial charge in [-0.1, -0.05) is 24.3 Å². The van der Waals surface area contributed by atoms with Gasteiger partial charge in [-0.2, -0.15) is 5.10 Å². The summed E-state index contributed by atoms with van der Waals surface area (Å²) in [6, 6.07) is 14.4. The first-order chi connectivity index (χ1) is 15.7. The first kappa shape index (κ1) is 20.6. The van der Waals surface area contributed by atoms with Gasteiger partial charge in [0.1, 0.15) is 18.2 Å². The summed E-state index contributed by atoms with van der Waals surface area (Å²) in [5.74, 6) is 0.613. The van der Waals surface area contributed by atoms with E-state index in [2.05, 4.69) is 26.9 Å². The van der Waals surface area contributed by atoms with Crippen molar-refractivity contribution in [3.05, 3.63) is 72.9 Å². The maximum atomic E-state index is 13.2. The van der Waals surface area contributed by atoms with Gasteiger partial charge >= 0.3 is 0 Å². The number of nitrogens with zero attached hydrogens (tertiary/aromatic N) is 5. The molecule has 0 bridgehead atoms. The lowest BCUT2D eigenvalue weighted by Gasteiger charge is -2.32. The number of aromatic nitrogens is 3. The Bertz CT molecular complexity index is 1180. The molecule has 2 aromatic carbocycles. The maximum Gasteiger partial charge on any atom is 0.162 e. The second kappa shape index (κ2) is 9.06. The summed E-state index contributed by atoms with van der Waals surface area (Å²) in [7, 11) is 2.17. The van der Waals surface area contributed by atoms with E-state index in [1.165, 1.54) is 12.1 Å². The molecule has 6 nitrogen and oxygen atoms in total. The van der Waals surface area contributed by atoms with Crippen molar-refractivity contribution >= 4 is 5.65 Å². The Kier molecular flexibility index (Phi) is 5.83. The number of ether oxygens (including phenoxy) is 1. The number of piperazine rings is 1. The molecule has 0 radical (unpaired) electrons. The van der Waals surface area contributed by atoms with Crippen LogP contribution in [0.2, 0.25) is 0 Å². The van der Waals surface area contributed by atoms with Crippen LogP contribution in [0.15, 0.2) is 67.1 Å². The number of hydrogen-bond acceptors (Lipinski definition) is 5. The van der Waals surface area contributed by atoms with Crippen molar-refractivity contribution in [3.8, 4) is 28.0 Å². The molecule has 0 spiro atoms. The van der Waals surface area contributed by atoms with Gasteiger partial charge < -0.3 is 9.64 Å². The Hall–Kier alpha value is -3.29. The number of rotatable bonds is 6. The molecule has 1 aliphatic rings. The van der Waals surface area contributed by atoms with E-state index in [9.17, 15) is 4.39 Å². The SMILES string of the molecule is CN1CCN(CCOc2ccc(-c3cnc4c(-c5ccc(F)cc5)cnn4c3)cc2)CC1. The average Bonchev–Trinajstić information content (AvgIpc) is 3.25. The lowest BCUT2D eigenvalue weighted by atomic mass is 10.1. The van der Waals surface area contributed by atoms with Crippen LogP contribution in [0.5, 0.6) is 5.75 Å². The second-order valence-corrected chi connectivity index (χ2v) is 8.19. The average molecular weight is 432 g/mol. The first-order valence-corrected chi connectivity index (χ1v) is 10.9. The molecule has 0 aliphatic carbocycles. The van der Waals surface area contributed by atoms with Crippen molar-refractivity contribution in [2.45, 2.75) is 0 Å². The number of benzene rings is 2. The second-order valence-electron chi connectivity index (χ2n) is 8.19. The van der Waals surface area contributed by atoms with Crippen LogP contribution in [0.4, 0.5) is 4.39 Å². The van der Waals surface area contributed by atoms with E-state index in [1.54, 1.807) is 22.8 Å². The summed E-state index contributed by atoms with van der Waals surface area (Å²) in [5.41, 5.74) is 4.52. The smallest absolute Gasteiger partial charge is 0.162 e. The van der Waals surface area contributed by atoms with Gasteiger partial charge in [0.05, 0.1) is 6.20 Å². The predicted octanol–water partition coefficient (Wildman–Crippen LogP) is 3.83. The Balaban J connectivity index is 1.24. The minimum Gasteiger partial charge on any atom is -0.492 e. The van der Waals surface area contributed by atoms with Crippen LogP contribution in [0, 0.1) is 5.82 Å². The molecule has 1 fully saturated rings. The quantitative estimate of drug-likeness (QED) is 0.464. The van der Waals surface area contributed by atoms with E-state index in [4.69, 9.17) is 4.74 Å². The van der Waals surface area contributed by atoms with Gasteiger partial charge in [0.25, 0.3) is 0 Å². The highest BCUT2D eigenvalue weighted by Gasteiger charge is 2.13. The largest absolute Gasteiger partial charge is 0.492 e. The summed E-state index contributed by atoms with van der Waals surface area (Å²) in [4.78, 5) is 9.41. The van der Waals surface area contributed by atoms with Crippen LogP contribution < -0.4 is 4.74 Å². The predicted molar refractivity (Wildman–Crippen MR) is 123 cm³/mol. The highest BCUT2D eigenvalue weighted by atomic mass is 19.1. The monoisotopic (exact) mass is 431 g/mol. The Morgan fingerprint density at radius 3 is 2.34 bits per heavy atom. The van der Waals surface area contributed by atoms with Crippen LogP contribution in [-0.4, -0.2) is 70.8 Å². The van der Waals surface area contributed by atoms with E-state index in [-0.39, 0.29) is 5.82 Å². The molecule has 0 saturated carbocycles. The molecule has 1 aliphatic heterocycles. The Morgan fingerprint density at radius 1 is 0.875 bits per heavy atom. The number of hydrogen-bond donors (Lipinski definition) is 0. The third-order valence-corrected chi connectivity index (χ3v) is 5.97. The van der Waals surface area contributed by atoms with Gasteiger partial charge in [-0.05, 0) is 42.4 Å². The zero-order chi connectivity index (χ0) is 21.9. The van der Waals surface area contributed by atoms with Crippen LogP contribution in [0.1, 0.15) is 0 Å². The first-order valence-electron chi connectivity index (χ1n) is 10.9. The van der Waals surface area contributed by atoms with E-state index in [0.717, 1.165) is 66.4 Å². The van der Waals surface area contributed by atoms with Crippen molar-refractivity contribution in [1.29, 1.82) is 0 Å². The van der Waals surface area contributed by atoms with Crippen molar-refractivity contribution in [2.75, 3.05) is 46.4 Å². The molecule has 3 heterocycles. The van der Waals surface area contributed by atoms with Crippen molar-refractivity contribution in [3.63, 3.8) is 0 Å². The number of fused-ring (bicyclic) bond motifs is 1. The molecule has 4 aromatic rings. The van der Waals surface area contributed by atoms with Gasteiger partial charge in [-0.3, -0.25) is 4.90 Å². The van der Waals surface area contributed by atoms with Gasteiger partial charge in [0.2, 0.25) is 0 Å². The zero-order valence-electron chi connectivity index (χ0n) is 18.1. The van der Waals surface area contributed by atoms with Gasteiger partial charge in [0.15, 0.2) is 5.65 Å². The molecule has 0 atom stereocenters. The number of halogens is 1. The van der Waals surface area contributed by atoms with Crippen LogP contribution in [0.25, 0.3) is 27.9 Å². The van der Waals surface area contributed by atoms with Crippen LogP contribution in [0.3, 0.4) is 0 Å². The lowest BCUT2D eigenvalue weighted by Crippen LogP contribution is -2.45. The summed E-state index contributed by atoms with van der Waals surface area (Å²) in [5, 5.41) is 4.44. The Labute approximate surface area is 186 Å². The molecule has 164 valence electrons. The van der Waals surface area contributed by atoms with Gasteiger partial charge in [-0.15, -0.1) is 0 Å². The third-order valence-electron chi connectivity index (χ3n) is 5.97. The third kappa shape index (κ3) is 4.49. The van der Waals surface area contributed by atoms with Crippen LogP contribution >= 0.6 is 0 Å². The van der Waals surface area contributed by atoms with Crippen LogP contribution in [-0.2, 0) is 0 Å². The summed E-state index contributed by atoms with van der Waals surface area (Å²) in [6.45, 7) is 6.08. The zero-order valence-corrected chi connectivity index (χ0v) is 18.1. The summed E-state index contributed by atoms with van der Waals surface area (Å²) < 4.78 is 20.9. The molecule has 7 heteroatoms. The van der Waals surface area contributed by atoms with Gasteiger partial charge in [-0.25, -0.2) is 13.9 Å². The molecule has 0 N–H and O–H groups in total. The molecule has 1 saturated heterocycles. The van der Waals surface area contributed by atoms with Gasteiger partial charge in [0, 0.05) is 56.2 Å². The topological polar surface area (TPSA) is 45.9 Å². The van der Waals surface area contributed by atoms with Crippen molar-refractivity contribution < 1.29 is 9.13 Å². The van der Waals surface area contributed by atoms with E-state index in [1.807, 2.05) is 36.7 Å². The minimum absolute atomic E-state index is 0.257. The van der Waals surface area contributed by atoms with E-state index >= 15 is 0 Å². The highest BCUT2D eigenvalue weighted by Crippen LogP contribution is 2.26. The maximum absolute atomic E-state index is 13.2. The minimum atomic E-state index is -0.257. The fourth-order valence-corrected chi connectivity index (χ4v) is 3.96. The highest BCUT2D eigenvalue weighted by molar-refractivity contribution is 5.77. The summed E-state index contributed by atoms with van der Waals surface area (Å²) >= 11 is 0. The summed E-state index contributed by atoms with van der Waals surface area (Å²) in [6.07, 6.45) is 5.56. The molecule has 32 heavy (non-hydrogen) atoms. The fourth-order valence-electron chi connectivity index (χ4n) is 3.96. The molecule has 2 aromatic heterocycles. The molecular weight excluding hydrogens is 405 g/mol. The van der Waals surface area contributed by atoms with E-state index < -0.39 is 0 Å². The molecule has 0 unspecified atom stereocenters. The van der Waals surface area contributed by atoms with Crippen molar-refractivity contribution in [2.24, 2.45) is 0 Å². The lowest BCUT2D eigenvalue weighted by molar-refractivity contribution is 0.134. The molecule has 5 rings (SSSR count). The molecule has 0 amide bonds.